The molecule has 1 aliphatic rings. The molecule has 0 spiro atoms. The topological polar surface area (TPSA) is 42.4 Å². The van der Waals surface area contributed by atoms with Gasteiger partial charge in [-0.25, -0.2) is 0 Å². The zero-order valence-electron chi connectivity index (χ0n) is 10.9. The fraction of sp³-hybridized carbons (Fsp3) is 0.333. The molecule has 1 aliphatic heterocycles. The molecule has 0 aliphatic carbocycles. The number of benzene rings is 1. The molecule has 1 saturated heterocycles. The smallest absolute Gasteiger partial charge is 0.254 e. The molecule has 4 nitrogen and oxygen atoms in total. The van der Waals surface area contributed by atoms with Crippen LogP contribution in [0.4, 0.5) is 0 Å². The molecule has 1 aromatic carbocycles. The van der Waals surface area contributed by atoms with Crippen molar-refractivity contribution < 1.29 is 9.53 Å². The van der Waals surface area contributed by atoms with Gasteiger partial charge in [-0.3, -0.25) is 9.78 Å². The lowest BCUT2D eigenvalue weighted by Gasteiger charge is -2.31. The van der Waals surface area contributed by atoms with Crippen molar-refractivity contribution in [2.75, 3.05) is 19.7 Å². The van der Waals surface area contributed by atoms with Gasteiger partial charge in [0.2, 0.25) is 0 Å². The molecule has 19 heavy (non-hydrogen) atoms. The van der Waals surface area contributed by atoms with E-state index >= 15 is 0 Å². The highest BCUT2D eigenvalue weighted by Gasteiger charge is 2.23. The number of morpholine rings is 1. The maximum absolute atomic E-state index is 12.6. The first-order chi connectivity index (χ1) is 9.25. The summed E-state index contributed by atoms with van der Waals surface area (Å²) in [5.41, 5.74) is 1.58. The van der Waals surface area contributed by atoms with E-state index in [1.165, 1.54) is 0 Å². The van der Waals surface area contributed by atoms with Crippen LogP contribution >= 0.6 is 0 Å². The Bertz CT molecular complexity index is 607. The van der Waals surface area contributed by atoms with E-state index in [0.717, 1.165) is 16.5 Å². The van der Waals surface area contributed by atoms with Crippen LogP contribution in [-0.4, -0.2) is 41.6 Å². The lowest BCUT2D eigenvalue weighted by atomic mass is 10.1. The number of aromatic nitrogens is 1. The van der Waals surface area contributed by atoms with Gasteiger partial charge in [0.05, 0.1) is 23.8 Å². The van der Waals surface area contributed by atoms with Crippen molar-refractivity contribution in [1.29, 1.82) is 0 Å². The van der Waals surface area contributed by atoms with Crippen molar-refractivity contribution in [2.24, 2.45) is 0 Å². The van der Waals surface area contributed by atoms with Crippen molar-refractivity contribution in [3.8, 4) is 0 Å². The summed E-state index contributed by atoms with van der Waals surface area (Å²) in [6, 6.07) is 9.53. The Hall–Kier alpha value is -1.94. The third-order valence-corrected chi connectivity index (χ3v) is 3.41. The second kappa shape index (κ2) is 4.97. The molecule has 2 heterocycles. The van der Waals surface area contributed by atoms with Crippen LogP contribution in [0.2, 0.25) is 0 Å². The maximum Gasteiger partial charge on any atom is 0.254 e. The molecular formula is C15H16N2O2. The Kier molecular flexibility index (Phi) is 3.17. The summed E-state index contributed by atoms with van der Waals surface area (Å²) in [5.74, 6) is 0.0637. The molecular weight excluding hydrogens is 240 g/mol. The van der Waals surface area contributed by atoms with E-state index < -0.39 is 0 Å². The number of fused-ring (bicyclic) bond motifs is 1. The van der Waals surface area contributed by atoms with Gasteiger partial charge in [-0.05, 0) is 19.1 Å². The summed E-state index contributed by atoms with van der Waals surface area (Å²) < 4.78 is 5.48. The fourth-order valence-corrected chi connectivity index (χ4v) is 2.46. The monoisotopic (exact) mass is 256 g/mol. The van der Waals surface area contributed by atoms with Crippen LogP contribution in [0, 0.1) is 0 Å². The maximum atomic E-state index is 12.6. The van der Waals surface area contributed by atoms with Crippen molar-refractivity contribution in [1.82, 2.24) is 9.88 Å². The SMILES string of the molecule is CC1CN(C(=O)c2ccnc3ccccc23)CCO1. The Balaban J connectivity index is 1.97. The Morgan fingerprint density at radius 3 is 3.05 bits per heavy atom. The highest BCUT2D eigenvalue weighted by Crippen LogP contribution is 2.19. The van der Waals surface area contributed by atoms with Crippen LogP contribution in [0.5, 0.6) is 0 Å². The van der Waals surface area contributed by atoms with Crippen molar-refractivity contribution >= 4 is 16.8 Å². The van der Waals surface area contributed by atoms with Gasteiger partial charge in [-0.15, -0.1) is 0 Å². The Morgan fingerprint density at radius 1 is 1.37 bits per heavy atom. The summed E-state index contributed by atoms with van der Waals surface area (Å²) >= 11 is 0. The van der Waals surface area contributed by atoms with Gasteiger partial charge >= 0.3 is 0 Å². The van der Waals surface area contributed by atoms with Crippen LogP contribution in [-0.2, 0) is 4.74 Å². The number of rotatable bonds is 1. The molecule has 1 atom stereocenters. The first-order valence-electron chi connectivity index (χ1n) is 6.50. The molecule has 2 aromatic rings. The average molecular weight is 256 g/mol. The summed E-state index contributed by atoms with van der Waals surface area (Å²) in [6.07, 6.45) is 1.80. The number of carbonyl (C=O) groups is 1. The molecule has 1 fully saturated rings. The van der Waals surface area contributed by atoms with Gasteiger partial charge in [-0.1, -0.05) is 18.2 Å². The van der Waals surface area contributed by atoms with Gasteiger partial charge in [0.15, 0.2) is 0 Å². The average Bonchev–Trinajstić information content (AvgIpc) is 2.46. The van der Waals surface area contributed by atoms with Gasteiger partial charge in [0, 0.05) is 24.7 Å². The zero-order chi connectivity index (χ0) is 13.2. The first kappa shape index (κ1) is 12.1. The third kappa shape index (κ3) is 2.31. The van der Waals surface area contributed by atoms with Crippen molar-refractivity contribution in [2.45, 2.75) is 13.0 Å². The van der Waals surface area contributed by atoms with E-state index in [1.807, 2.05) is 36.1 Å². The molecule has 1 unspecified atom stereocenters. The molecule has 4 heteroatoms. The largest absolute Gasteiger partial charge is 0.375 e. The van der Waals surface area contributed by atoms with Crippen molar-refractivity contribution in [3.05, 3.63) is 42.1 Å². The molecule has 0 bridgehead atoms. The number of carbonyl (C=O) groups excluding carboxylic acids is 1. The van der Waals surface area contributed by atoms with Gasteiger partial charge in [0.1, 0.15) is 0 Å². The Labute approximate surface area is 112 Å². The van der Waals surface area contributed by atoms with E-state index in [-0.39, 0.29) is 12.0 Å². The highest BCUT2D eigenvalue weighted by atomic mass is 16.5. The minimum atomic E-state index is 0.0637. The molecule has 98 valence electrons. The van der Waals surface area contributed by atoms with E-state index in [4.69, 9.17) is 4.74 Å². The molecule has 1 amide bonds. The number of pyridine rings is 1. The molecule has 0 N–H and O–H groups in total. The van der Waals surface area contributed by atoms with E-state index in [2.05, 4.69) is 4.98 Å². The Morgan fingerprint density at radius 2 is 2.21 bits per heavy atom. The van der Waals surface area contributed by atoms with E-state index in [9.17, 15) is 4.79 Å². The summed E-state index contributed by atoms with van der Waals surface area (Å²) in [4.78, 5) is 18.7. The third-order valence-electron chi connectivity index (χ3n) is 3.41. The minimum absolute atomic E-state index is 0.0637. The zero-order valence-corrected chi connectivity index (χ0v) is 10.9. The van der Waals surface area contributed by atoms with Crippen LogP contribution in [0.1, 0.15) is 17.3 Å². The molecule has 0 radical (unpaired) electrons. The summed E-state index contributed by atoms with van der Waals surface area (Å²) in [7, 11) is 0. The van der Waals surface area contributed by atoms with Gasteiger partial charge in [-0.2, -0.15) is 0 Å². The second-order valence-corrected chi connectivity index (χ2v) is 4.81. The lowest BCUT2D eigenvalue weighted by Crippen LogP contribution is -2.44. The quantitative estimate of drug-likeness (QED) is 0.784. The van der Waals surface area contributed by atoms with E-state index in [1.54, 1.807) is 12.3 Å². The van der Waals surface area contributed by atoms with Crippen LogP contribution in [0.3, 0.4) is 0 Å². The minimum Gasteiger partial charge on any atom is -0.375 e. The van der Waals surface area contributed by atoms with Crippen LogP contribution < -0.4 is 0 Å². The summed E-state index contributed by atoms with van der Waals surface area (Å²) in [6.45, 7) is 3.90. The van der Waals surface area contributed by atoms with Gasteiger partial charge in [0.25, 0.3) is 5.91 Å². The predicted octanol–water partition coefficient (Wildman–Crippen LogP) is 2.10. The predicted molar refractivity (Wildman–Crippen MR) is 73.1 cm³/mol. The number of nitrogens with zero attached hydrogens (tertiary/aromatic N) is 2. The molecule has 0 saturated carbocycles. The number of ether oxygens (including phenoxy) is 1. The standard InChI is InChI=1S/C15H16N2O2/c1-11-10-17(8-9-19-11)15(18)13-6-7-16-14-5-3-2-4-12(13)14/h2-7,11H,8-10H2,1H3. The van der Waals surface area contributed by atoms with Crippen molar-refractivity contribution in [3.63, 3.8) is 0 Å². The fourth-order valence-electron chi connectivity index (χ4n) is 2.46. The van der Waals surface area contributed by atoms with Crippen LogP contribution in [0.25, 0.3) is 10.9 Å². The van der Waals surface area contributed by atoms with Crippen LogP contribution in [0.15, 0.2) is 36.5 Å². The van der Waals surface area contributed by atoms with Gasteiger partial charge < -0.3 is 9.64 Å². The highest BCUT2D eigenvalue weighted by molar-refractivity contribution is 6.05. The number of para-hydroxylation sites is 1. The number of amides is 1. The normalized spacial score (nSPS) is 19.6. The second-order valence-electron chi connectivity index (χ2n) is 4.81. The lowest BCUT2D eigenvalue weighted by molar-refractivity contribution is -0.0123. The number of hydrogen-bond donors (Lipinski definition) is 0. The molecule has 3 rings (SSSR count). The number of hydrogen-bond acceptors (Lipinski definition) is 3. The first-order valence-corrected chi connectivity index (χ1v) is 6.50. The molecule has 1 aromatic heterocycles. The van der Waals surface area contributed by atoms with E-state index in [0.29, 0.717) is 19.7 Å². The summed E-state index contributed by atoms with van der Waals surface area (Å²) in [5, 5.41) is 0.911.